The van der Waals surface area contributed by atoms with Crippen LogP contribution < -0.4 is 0 Å². The fourth-order valence-corrected chi connectivity index (χ4v) is 9.74. The third-order valence-electron chi connectivity index (χ3n) is 11.7. The first-order chi connectivity index (χ1) is 17.2. The van der Waals surface area contributed by atoms with Gasteiger partial charge in [0.15, 0.2) is 0 Å². The summed E-state index contributed by atoms with van der Waals surface area (Å²) in [4.78, 5) is 26.3. The SMILES string of the molecule is CCCN(C)C(=O)CCCCCCCC[C@H]1C[C@]2(C)[C@@H](O)CC[C@H]2[C@@H]2CC[C@H]3CC(=O)CC[C@]3(C)[C@@H]12. The molecule has 0 unspecified atom stereocenters. The van der Waals surface area contributed by atoms with Gasteiger partial charge in [0.05, 0.1) is 6.10 Å². The molecule has 0 saturated heterocycles. The lowest BCUT2D eigenvalue weighted by Gasteiger charge is -2.62. The number of unbranched alkanes of at least 4 members (excludes halogenated alkanes) is 5. The van der Waals surface area contributed by atoms with Crippen LogP contribution in [0.4, 0.5) is 0 Å². The quantitative estimate of drug-likeness (QED) is 0.305. The van der Waals surface area contributed by atoms with Crippen molar-refractivity contribution >= 4 is 11.7 Å². The average molecular weight is 502 g/mol. The average Bonchev–Trinajstić information content (AvgIpc) is 3.14. The number of hydrogen-bond acceptors (Lipinski definition) is 3. The maximum absolute atomic E-state index is 12.3. The highest BCUT2D eigenvalue weighted by Crippen LogP contribution is 2.68. The van der Waals surface area contributed by atoms with E-state index in [1.54, 1.807) is 0 Å². The normalized spacial score (nSPS) is 39.9. The minimum atomic E-state index is -0.122. The summed E-state index contributed by atoms with van der Waals surface area (Å²) in [6.07, 6.45) is 18.8. The molecule has 0 aromatic carbocycles. The van der Waals surface area contributed by atoms with Crippen molar-refractivity contribution in [1.82, 2.24) is 4.90 Å². The van der Waals surface area contributed by atoms with Gasteiger partial charge in [0.2, 0.25) is 5.91 Å². The first kappa shape index (κ1) is 28.1. The van der Waals surface area contributed by atoms with Crippen LogP contribution in [0.3, 0.4) is 0 Å². The highest BCUT2D eigenvalue weighted by Gasteiger charge is 2.62. The highest BCUT2D eigenvalue weighted by molar-refractivity contribution is 5.79. The number of aliphatic hydroxyl groups excluding tert-OH is 1. The van der Waals surface area contributed by atoms with Crippen LogP contribution in [0.15, 0.2) is 0 Å². The number of amides is 1. The van der Waals surface area contributed by atoms with E-state index in [9.17, 15) is 14.7 Å². The second-order valence-electron chi connectivity index (χ2n) is 13.9. The number of aliphatic hydroxyl groups is 1. The van der Waals surface area contributed by atoms with Crippen LogP contribution in [0.5, 0.6) is 0 Å². The van der Waals surface area contributed by atoms with Gasteiger partial charge in [-0.3, -0.25) is 9.59 Å². The van der Waals surface area contributed by atoms with Crippen LogP contribution in [0.2, 0.25) is 0 Å². The molecular formula is C32H55NO3. The van der Waals surface area contributed by atoms with Crippen molar-refractivity contribution in [2.45, 2.75) is 136 Å². The number of carbonyl (C=O) groups is 2. The summed E-state index contributed by atoms with van der Waals surface area (Å²) in [5.74, 6) is 4.29. The molecule has 4 fully saturated rings. The monoisotopic (exact) mass is 501 g/mol. The van der Waals surface area contributed by atoms with Crippen LogP contribution in [-0.4, -0.2) is 41.4 Å². The molecule has 4 saturated carbocycles. The second-order valence-corrected chi connectivity index (χ2v) is 13.9. The molecule has 0 aromatic heterocycles. The van der Waals surface area contributed by atoms with Crippen LogP contribution >= 0.6 is 0 Å². The van der Waals surface area contributed by atoms with E-state index in [2.05, 4.69) is 20.8 Å². The number of fused-ring (bicyclic) bond motifs is 5. The van der Waals surface area contributed by atoms with Crippen molar-refractivity contribution in [3.8, 4) is 0 Å². The Bertz CT molecular complexity index is 766. The molecule has 8 atom stereocenters. The van der Waals surface area contributed by atoms with E-state index in [4.69, 9.17) is 0 Å². The van der Waals surface area contributed by atoms with Gasteiger partial charge in [0, 0.05) is 32.9 Å². The van der Waals surface area contributed by atoms with Gasteiger partial charge in [-0.25, -0.2) is 0 Å². The Labute approximate surface area is 221 Å². The minimum Gasteiger partial charge on any atom is -0.393 e. The summed E-state index contributed by atoms with van der Waals surface area (Å²) < 4.78 is 0. The van der Waals surface area contributed by atoms with E-state index in [1.165, 1.54) is 64.2 Å². The van der Waals surface area contributed by atoms with E-state index in [1.807, 2.05) is 11.9 Å². The van der Waals surface area contributed by atoms with Crippen LogP contribution in [0.1, 0.15) is 130 Å². The number of rotatable bonds is 11. The number of hydrogen-bond donors (Lipinski definition) is 1. The van der Waals surface area contributed by atoms with Gasteiger partial charge in [-0.05, 0) is 91.8 Å². The van der Waals surface area contributed by atoms with Crippen molar-refractivity contribution in [1.29, 1.82) is 0 Å². The first-order valence-corrected chi connectivity index (χ1v) is 15.6. The molecule has 4 nitrogen and oxygen atoms in total. The zero-order valence-corrected chi connectivity index (χ0v) is 23.9. The highest BCUT2D eigenvalue weighted by atomic mass is 16.3. The smallest absolute Gasteiger partial charge is 0.222 e. The van der Waals surface area contributed by atoms with Gasteiger partial charge in [0.1, 0.15) is 5.78 Å². The molecule has 0 heterocycles. The number of Topliss-reactive ketones (excluding diaryl/α,β-unsaturated/α-hetero) is 1. The maximum Gasteiger partial charge on any atom is 0.222 e. The third kappa shape index (κ3) is 5.59. The largest absolute Gasteiger partial charge is 0.393 e. The molecule has 4 rings (SSSR count). The molecular weight excluding hydrogens is 446 g/mol. The number of ketones is 1. The Morgan fingerprint density at radius 1 is 1.00 bits per heavy atom. The van der Waals surface area contributed by atoms with Crippen molar-refractivity contribution < 1.29 is 14.7 Å². The number of nitrogens with zero attached hydrogens (tertiary/aromatic N) is 1. The van der Waals surface area contributed by atoms with Gasteiger partial charge in [-0.2, -0.15) is 0 Å². The summed E-state index contributed by atoms with van der Waals surface area (Å²) in [6.45, 7) is 7.96. The summed E-state index contributed by atoms with van der Waals surface area (Å²) >= 11 is 0. The van der Waals surface area contributed by atoms with E-state index in [-0.39, 0.29) is 11.5 Å². The van der Waals surface area contributed by atoms with E-state index in [0.717, 1.165) is 56.9 Å². The lowest BCUT2D eigenvalue weighted by Crippen LogP contribution is -2.57. The molecule has 0 spiro atoms. The summed E-state index contributed by atoms with van der Waals surface area (Å²) in [7, 11) is 1.93. The number of carbonyl (C=O) groups excluding carboxylic acids is 2. The van der Waals surface area contributed by atoms with Crippen LogP contribution in [0.25, 0.3) is 0 Å². The Balaban J connectivity index is 1.30. The van der Waals surface area contributed by atoms with Gasteiger partial charge in [-0.15, -0.1) is 0 Å². The van der Waals surface area contributed by atoms with E-state index < -0.39 is 0 Å². The molecule has 1 N–H and O–H groups in total. The van der Waals surface area contributed by atoms with E-state index in [0.29, 0.717) is 41.3 Å². The Hall–Kier alpha value is -0.900. The fraction of sp³-hybridized carbons (Fsp3) is 0.938. The summed E-state index contributed by atoms with van der Waals surface area (Å²) in [5, 5.41) is 11.0. The zero-order valence-electron chi connectivity index (χ0n) is 23.9. The minimum absolute atomic E-state index is 0.108. The predicted molar refractivity (Wildman–Crippen MR) is 146 cm³/mol. The molecule has 36 heavy (non-hydrogen) atoms. The molecule has 206 valence electrons. The Morgan fingerprint density at radius 2 is 1.72 bits per heavy atom. The second kappa shape index (κ2) is 11.9. The van der Waals surface area contributed by atoms with Gasteiger partial charge >= 0.3 is 0 Å². The third-order valence-corrected chi connectivity index (χ3v) is 11.7. The molecule has 4 aliphatic rings. The molecule has 0 aliphatic heterocycles. The summed E-state index contributed by atoms with van der Waals surface area (Å²) in [5.41, 5.74) is 0.435. The standard InChI is InChI=1S/C32H55NO3/c1-5-20-33(4)29(36)13-11-9-7-6-8-10-12-23-22-32(3)27(16-17-28(32)35)26-15-14-24-21-25(34)18-19-31(24,2)30(23)26/h23-24,26-28,30,35H,5-22H2,1-4H3/t23-,24-,26-,27-,28-,30-,31-,32-/m0/s1. The van der Waals surface area contributed by atoms with Crippen LogP contribution in [-0.2, 0) is 9.59 Å². The lowest BCUT2D eigenvalue weighted by molar-refractivity contribution is -0.159. The topological polar surface area (TPSA) is 57.6 Å². The molecule has 1 amide bonds. The predicted octanol–water partition coefficient (Wildman–Crippen LogP) is 7.17. The molecule has 0 radical (unpaired) electrons. The maximum atomic E-state index is 12.3. The fourth-order valence-electron chi connectivity index (χ4n) is 9.74. The Morgan fingerprint density at radius 3 is 2.47 bits per heavy atom. The molecule has 4 aliphatic carbocycles. The van der Waals surface area contributed by atoms with Crippen molar-refractivity contribution in [2.24, 2.45) is 40.4 Å². The van der Waals surface area contributed by atoms with Crippen molar-refractivity contribution in [3.05, 3.63) is 0 Å². The van der Waals surface area contributed by atoms with Gasteiger partial charge in [0.25, 0.3) is 0 Å². The first-order valence-electron chi connectivity index (χ1n) is 15.6. The lowest BCUT2D eigenvalue weighted by atomic mass is 9.42. The van der Waals surface area contributed by atoms with E-state index >= 15 is 0 Å². The molecule has 0 aromatic rings. The summed E-state index contributed by atoms with van der Waals surface area (Å²) in [6, 6.07) is 0. The van der Waals surface area contributed by atoms with Crippen LogP contribution in [0, 0.1) is 40.4 Å². The molecule has 0 bridgehead atoms. The Kier molecular flexibility index (Phi) is 9.27. The van der Waals surface area contributed by atoms with Crippen molar-refractivity contribution in [2.75, 3.05) is 13.6 Å². The molecule has 4 heteroatoms. The zero-order chi connectivity index (χ0) is 25.9. The van der Waals surface area contributed by atoms with Gasteiger partial charge < -0.3 is 10.0 Å². The van der Waals surface area contributed by atoms with Crippen molar-refractivity contribution in [3.63, 3.8) is 0 Å². The van der Waals surface area contributed by atoms with Gasteiger partial charge in [-0.1, -0.05) is 59.3 Å².